The second-order valence-corrected chi connectivity index (χ2v) is 5.05. The Hall–Kier alpha value is -1.52. The third-order valence-electron chi connectivity index (χ3n) is 3.96. The second-order valence-electron chi connectivity index (χ2n) is 5.05. The highest BCUT2D eigenvalue weighted by molar-refractivity contribution is 5.85. The molecule has 0 amide bonds. The maximum absolute atomic E-state index is 14.0. The molecule has 1 saturated carbocycles. The maximum Gasteiger partial charge on any atom is 0.127 e. The summed E-state index contributed by atoms with van der Waals surface area (Å²) < 4.78 is 14.0. The van der Waals surface area contributed by atoms with Crippen molar-refractivity contribution in [2.24, 2.45) is 17.4 Å². The van der Waals surface area contributed by atoms with Crippen molar-refractivity contribution in [1.82, 2.24) is 4.98 Å². The van der Waals surface area contributed by atoms with Crippen LogP contribution in [0.3, 0.4) is 0 Å². The molecule has 4 heteroatoms. The lowest BCUT2D eigenvalue weighted by atomic mass is 9.72. The Kier molecular flexibility index (Phi) is 2.76. The van der Waals surface area contributed by atoms with Gasteiger partial charge in [0.2, 0.25) is 0 Å². The van der Waals surface area contributed by atoms with E-state index in [1.54, 1.807) is 18.5 Å². The van der Waals surface area contributed by atoms with Gasteiger partial charge in [0.1, 0.15) is 5.82 Å². The number of nitrogens with two attached hydrogens (primary N) is 2. The number of hydrogen-bond donors (Lipinski definition) is 2. The molecule has 1 aliphatic rings. The molecule has 2 aromatic rings. The van der Waals surface area contributed by atoms with E-state index >= 15 is 0 Å². The molecule has 4 N–H and O–H groups in total. The molecule has 3 rings (SSSR count). The first-order valence-corrected chi connectivity index (χ1v) is 6.19. The third-order valence-corrected chi connectivity index (χ3v) is 3.96. The lowest BCUT2D eigenvalue weighted by Gasteiger charge is -2.40. The van der Waals surface area contributed by atoms with Gasteiger partial charge >= 0.3 is 0 Å². The Morgan fingerprint density at radius 1 is 1.22 bits per heavy atom. The molecule has 0 saturated heterocycles. The van der Waals surface area contributed by atoms with E-state index < -0.39 is 0 Å². The minimum absolute atomic E-state index is 0.0940. The van der Waals surface area contributed by atoms with E-state index in [0.717, 1.165) is 17.2 Å². The Morgan fingerprint density at radius 3 is 2.72 bits per heavy atom. The molecular formula is C14H16FN3. The van der Waals surface area contributed by atoms with Crippen LogP contribution in [0.1, 0.15) is 12.0 Å². The van der Waals surface area contributed by atoms with Crippen molar-refractivity contribution in [3.05, 3.63) is 42.0 Å². The number of hydrogen-bond acceptors (Lipinski definition) is 3. The number of halogens is 1. The number of aromatic nitrogens is 1. The van der Waals surface area contributed by atoms with Gasteiger partial charge in [0, 0.05) is 29.9 Å². The Morgan fingerprint density at radius 2 is 2.00 bits per heavy atom. The first-order valence-electron chi connectivity index (χ1n) is 6.19. The van der Waals surface area contributed by atoms with Crippen LogP contribution >= 0.6 is 0 Å². The zero-order valence-corrected chi connectivity index (χ0v) is 10.0. The fourth-order valence-electron chi connectivity index (χ4n) is 2.74. The topological polar surface area (TPSA) is 64.9 Å². The summed E-state index contributed by atoms with van der Waals surface area (Å²) in [6.45, 7) is 0. The minimum atomic E-state index is -0.181. The van der Waals surface area contributed by atoms with Crippen LogP contribution in [0.4, 0.5) is 4.39 Å². The summed E-state index contributed by atoms with van der Waals surface area (Å²) in [6, 6.07) is 5.29. The fourth-order valence-corrected chi connectivity index (χ4v) is 2.74. The molecule has 0 aliphatic heterocycles. The van der Waals surface area contributed by atoms with Gasteiger partial charge in [-0.3, -0.25) is 4.98 Å². The van der Waals surface area contributed by atoms with Crippen LogP contribution < -0.4 is 11.5 Å². The smallest absolute Gasteiger partial charge is 0.127 e. The van der Waals surface area contributed by atoms with Gasteiger partial charge in [-0.15, -0.1) is 0 Å². The van der Waals surface area contributed by atoms with Gasteiger partial charge in [0.05, 0.1) is 0 Å². The van der Waals surface area contributed by atoms with Gasteiger partial charge in [-0.05, 0) is 47.9 Å². The average Bonchev–Trinajstić information content (AvgIpc) is 2.37. The zero-order valence-electron chi connectivity index (χ0n) is 10.0. The summed E-state index contributed by atoms with van der Waals surface area (Å²) in [5.41, 5.74) is 12.6. The second kappa shape index (κ2) is 4.30. The molecule has 1 aromatic heterocycles. The molecule has 0 bridgehead atoms. The van der Waals surface area contributed by atoms with Crippen molar-refractivity contribution in [3.63, 3.8) is 0 Å². The molecule has 2 atom stereocenters. The zero-order chi connectivity index (χ0) is 12.7. The first-order chi connectivity index (χ1) is 8.66. The molecule has 1 aromatic carbocycles. The predicted molar refractivity (Wildman–Crippen MR) is 69.5 cm³/mol. The van der Waals surface area contributed by atoms with E-state index in [1.165, 1.54) is 6.07 Å². The van der Waals surface area contributed by atoms with E-state index in [1.807, 2.05) is 6.07 Å². The van der Waals surface area contributed by atoms with Gasteiger partial charge in [-0.2, -0.15) is 0 Å². The van der Waals surface area contributed by atoms with Crippen LogP contribution in [0, 0.1) is 11.7 Å². The largest absolute Gasteiger partial charge is 0.327 e. The van der Waals surface area contributed by atoms with Crippen molar-refractivity contribution < 1.29 is 4.39 Å². The van der Waals surface area contributed by atoms with Gasteiger partial charge in [-0.25, -0.2) is 4.39 Å². The number of nitrogens with zero attached hydrogens (tertiary/aromatic N) is 1. The molecule has 1 fully saturated rings. The molecule has 0 radical (unpaired) electrons. The molecule has 18 heavy (non-hydrogen) atoms. The van der Waals surface area contributed by atoms with Gasteiger partial charge in [0.25, 0.3) is 0 Å². The van der Waals surface area contributed by atoms with E-state index in [9.17, 15) is 4.39 Å². The quantitative estimate of drug-likeness (QED) is 0.844. The van der Waals surface area contributed by atoms with E-state index in [4.69, 9.17) is 11.5 Å². The lowest BCUT2D eigenvalue weighted by Crippen LogP contribution is -2.56. The van der Waals surface area contributed by atoms with Crippen LogP contribution in [0.15, 0.2) is 30.6 Å². The molecule has 3 nitrogen and oxygen atoms in total. The summed E-state index contributed by atoms with van der Waals surface area (Å²) in [5, 5.41) is 1.87. The van der Waals surface area contributed by atoms with Crippen LogP contribution in [0.25, 0.3) is 10.8 Å². The SMILES string of the molecule is NC1CC(N)C1Cc1c(F)ccc2cnccc12. The van der Waals surface area contributed by atoms with Crippen molar-refractivity contribution in [3.8, 4) is 0 Å². The minimum Gasteiger partial charge on any atom is -0.327 e. The first kappa shape index (κ1) is 11.6. The number of benzene rings is 1. The van der Waals surface area contributed by atoms with Crippen molar-refractivity contribution in [2.45, 2.75) is 24.9 Å². The summed E-state index contributed by atoms with van der Waals surface area (Å²) in [6.07, 6.45) is 4.87. The average molecular weight is 245 g/mol. The summed E-state index contributed by atoms with van der Waals surface area (Å²) >= 11 is 0. The summed E-state index contributed by atoms with van der Waals surface area (Å²) in [7, 11) is 0. The maximum atomic E-state index is 14.0. The number of pyridine rings is 1. The summed E-state index contributed by atoms with van der Waals surface area (Å²) in [4.78, 5) is 4.06. The Labute approximate surface area is 105 Å². The predicted octanol–water partition coefficient (Wildman–Crippen LogP) is 1.59. The van der Waals surface area contributed by atoms with Crippen LogP contribution in [0.2, 0.25) is 0 Å². The molecule has 1 heterocycles. The Bertz CT molecular complexity index is 576. The van der Waals surface area contributed by atoms with Crippen LogP contribution in [-0.2, 0) is 6.42 Å². The van der Waals surface area contributed by atoms with Gasteiger partial charge in [0.15, 0.2) is 0 Å². The molecule has 0 spiro atoms. The van der Waals surface area contributed by atoms with E-state index in [-0.39, 0.29) is 23.8 Å². The third kappa shape index (κ3) is 1.78. The van der Waals surface area contributed by atoms with Gasteiger partial charge < -0.3 is 11.5 Å². The highest BCUT2D eigenvalue weighted by Crippen LogP contribution is 2.31. The normalized spacial score (nSPS) is 27.2. The molecule has 94 valence electrons. The van der Waals surface area contributed by atoms with Crippen molar-refractivity contribution in [2.75, 3.05) is 0 Å². The van der Waals surface area contributed by atoms with Gasteiger partial charge in [-0.1, -0.05) is 0 Å². The Balaban J connectivity index is 2.02. The monoisotopic (exact) mass is 245 g/mol. The fraction of sp³-hybridized carbons (Fsp3) is 0.357. The summed E-state index contributed by atoms with van der Waals surface area (Å²) in [5.74, 6) is -0.00161. The van der Waals surface area contributed by atoms with E-state index in [0.29, 0.717) is 12.0 Å². The van der Waals surface area contributed by atoms with Crippen LogP contribution in [-0.4, -0.2) is 17.1 Å². The highest BCUT2D eigenvalue weighted by Gasteiger charge is 2.36. The van der Waals surface area contributed by atoms with E-state index in [2.05, 4.69) is 4.98 Å². The van der Waals surface area contributed by atoms with Crippen molar-refractivity contribution in [1.29, 1.82) is 0 Å². The number of rotatable bonds is 2. The molecule has 1 aliphatic carbocycles. The highest BCUT2D eigenvalue weighted by atomic mass is 19.1. The van der Waals surface area contributed by atoms with Crippen LogP contribution in [0.5, 0.6) is 0 Å². The number of fused-ring (bicyclic) bond motifs is 1. The van der Waals surface area contributed by atoms with Crippen molar-refractivity contribution >= 4 is 10.8 Å². The molecular weight excluding hydrogens is 229 g/mol. The lowest BCUT2D eigenvalue weighted by molar-refractivity contribution is 0.205. The molecule has 2 unspecified atom stereocenters. The standard InChI is InChI=1S/C14H16FN3/c15-12-2-1-8-7-18-4-3-9(8)10(12)5-11-13(16)6-14(11)17/h1-4,7,11,13-14H,5-6,16-17H2.